The van der Waals surface area contributed by atoms with Crippen LogP contribution in [0, 0.1) is 23.7 Å². The van der Waals surface area contributed by atoms with Gasteiger partial charge in [0.15, 0.2) is 0 Å². The van der Waals surface area contributed by atoms with E-state index in [0.717, 1.165) is 23.1 Å². The van der Waals surface area contributed by atoms with Crippen LogP contribution in [0.5, 0.6) is 5.75 Å². The molecule has 0 radical (unpaired) electrons. The van der Waals surface area contributed by atoms with Crippen molar-refractivity contribution in [3.63, 3.8) is 0 Å². The van der Waals surface area contributed by atoms with Crippen molar-refractivity contribution in [3.8, 4) is 17.6 Å². The summed E-state index contributed by atoms with van der Waals surface area (Å²) in [6, 6.07) is 8.09. The van der Waals surface area contributed by atoms with Gasteiger partial charge in [-0.1, -0.05) is 56.2 Å². The lowest BCUT2D eigenvalue weighted by Crippen LogP contribution is -2.12. The normalized spacial score (nSPS) is 20.6. The predicted molar refractivity (Wildman–Crippen MR) is 109 cm³/mol. The minimum atomic E-state index is 0.702. The third kappa shape index (κ3) is 7.65. The number of ether oxygens (including phenoxy) is 1. The average molecular weight is 337 g/mol. The van der Waals surface area contributed by atoms with Gasteiger partial charge < -0.3 is 4.74 Å². The Bertz CT molecular complexity index is 589. The minimum absolute atomic E-state index is 0.702. The quantitative estimate of drug-likeness (QED) is 0.506. The summed E-state index contributed by atoms with van der Waals surface area (Å²) in [6.45, 7) is 4.99. The van der Waals surface area contributed by atoms with Gasteiger partial charge in [0.1, 0.15) is 5.75 Å². The number of unbranched alkanes of at least 4 members (excludes halogenated alkanes) is 1. The molecular formula is C24H32O. The van der Waals surface area contributed by atoms with Crippen molar-refractivity contribution in [1.82, 2.24) is 0 Å². The largest absolute Gasteiger partial charge is 0.494 e. The molecule has 0 aliphatic heterocycles. The van der Waals surface area contributed by atoms with Gasteiger partial charge in [0.25, 0.3) is 0 Å². The van der Waals surface area contributed by atoms with E-state index >= 15 is 0 Å². The second-order valence-corrected chi connectivity index (χ2v) is 6.91. The standard InChI is InChI=1S/C24H32O/c1-3-5-10-21-13-15-22(16-14-21)11-8-6-7-9-12-23-17-19-24(20-18-23)25-4-2/h8-9,11-12,17-22H,3-5,10,13-16H2,1-2H3/b11-8+,12-9+/t21-,22-. The SMILES string of the molecule is CCCC[C@H]1CC[C@H](/C=C/C#C/C=C/c2ccc(OCC)cc2)CC1. The topological polar surface area (TPSA) is 9.23 Å². The van der Waals surface area contributed by atoms with E-state index in [4.69, 9.17) is 4.74 Å². The first-order valence-corrected chi connectivity index (χ1v) is 9.89. The average Bonchev–Trinajstić information content (AvgIpc) is 2.65. The molecule has 1 aliphatic rings. The molecule has 0 N–H and O–H groups in total. The molecule has 1 heteroatoms. The predicted octanol–water partition coefficient (Wildman–Crippen LogP) is 6.65. The first-order valence-electron chi connectivity index (χ1n) is 9.89. The van der Waals surface area contributed by atoms with Gasteiger partial charge in [-0.15, -0.1) is 0 Å². The Morgan fingerprint density at radius 2 is 1.72 bits per heavy atom. The molecule has 0 atom stereocenters. The molecule has 0 spiro atoms. The van der Waals surface area contributed by atoms with E-state index in [2.05, 4.69) is 37.0 Å². The summed E-state index contributed by atoms with van der Waals surface area (Å²) in [5.41, 5.74) is 1.15. The van der Waals surface area contributed by atoms with Crippen LogP contribution in [-0.2, 0) is 0 Å². The molecule has 0 bridgehead atoms. The Morgan fingerprint density at radius 1 is 1.00 bits per heavy atom. The molecule has 0 heterocycles. The zero-order valence-electron chi connectivity index (χ0n) is 15.8. The molecule has 0 saturated heterocycles. The molecule has 1 saturated carbocycles. The smallest absolute Gasteiger partial charge is 0.119 e. The molecule has 0 amide bonds. The third-order valence-corrected chi connectivity index (χ3v) is 4.94. The van der Waals surface area contributed by atoms with Gasteiger partial charge in [-0.2, -0.15) is 0 Å². The summed E-state index contributed by atoms with van der Waals surface area (Å²) in [5, 5.41) is 0. The maximum atomic E-state index is 5.44. The van der Waals surface area contributed by atoms with Gasteiger partial charge in [-0.3, -0.25) is 0 Å². The highest BCUT2D eigenvalue weighted by molar-refractivity contribution is 5.54. The molecule has 25 heavy (non-hydrogen) atoms. The van der Waals surface area contributed by atoms with E-state index in [1.165, 1.54) is 44.9 Å². The molecule has 0 unspecified atom stereocenters. The first kappa shape index (κ1) is 19.4. The van der Waals surface area contributed by atoms with Crippen LogP contribution in [0.4, 0.5) is 0 Å². The Kier molecular flexibility index (Phi) is 8.98. The van der Waals surface area contributed by atoms with Gasteiger partial charge >= 0.3 is 0 Å². The fourth-order valence-electron chi connectivity index (χ4n) is 3.42. The van der Waals surface area contributed by atoms with Crippen molar-refractivity contribution >= 4 is 6.08 Å². The maximum Gasteiger partial charge on any atom is 0.119 e. The lowest BCUT2D eigenvalue weighted by molar-refractivity contribution is 0.291. The fourth-order valence-corrected chi connectivity index (χ4v) is 3.42. The zero-order chi connectivity index (χ0) is 17.7. The second kappa shape index (κ2) is 11.6. The highest BCUT2D eigenvalue weighted by atomic mass is 16.5. The van der Waals surface area contributed by atoms with E-state index in [-0.39, 0.29) is 0 Å². The molecule has 1 aromatic carbocycles. The van der Waals surface area contributed by atoms with E-state index < -0.39 is 0 Å². The molecule has 1 nitrogen and oxygen atoms in total. The van der Waals surface area contributed by atoms with Crippen LogP contribution in [0.2, 0.25) is 0 Å². The molecule has 2 rings (SSSR count). The highest BCUT2D eigenvalue weighted by Gasteiger charge is 2.18. The molecule has 134 valence electrons. The first-order chi connectivity index (χ1) is 12.3. The Morgan fingerprint density at radius 3 is 2.40 bits per heavy atom. The summed E-state index contributed by atoms with van der Waals surface area (Å²) >= 11 is 0. The summed E-state index contributed by atoms with van der Waals surface area (Å²) in [4.78, 5) is 0. The number of rotatable bonds is 7. The Hall–Kier alpha value is -1.94. The molecule has 1 aromatic rings. The lowest BCUT2D eigenvalue weighted by atomic mass is 9.80. The zero-order valence-corrected chi connectivity index (χ0v) is 15.8. The Labute approximate surface area is 154 Å². The van der Waals surface area contributed by atoms with Gasteiger partial charge in [0.05, 0.1) is 6.61 Å². The van der Waals surface area contributed by atoms with E-state index in [9.17, 15) is 0 Å². The van der Waals surface area contributed by atoms with Crippen LogP contribution >= 0.6 is 0 Å². The van der Waals surface area contributed by atoms with Crippen LogP contribution in [0.3, 0.4) is 0 Å². The maximum absolute atomic E-state index is 5.44. The van der Waals surface area contributed by atoms with Crippen molar-refractivity contribution in [2.24, 2.45) is 11.8 Å². The van der Waals surface area contributed by atoms with Crippen LogP contribution < -0.4 is 4.74 Å². The summed E-state index contributed by atoms with van der Waals surface area (Å²) < 4.78 is 5.44. The number of allylic oxidation sites excluding steroid dienone is 3. The van der Waals surface area contributed by atoms with Crippen molar-refractivity contribution in [2.75, 3.05) is 6.61 Å². The van der Waals surface area contributed by atoms with Crippen molar-refractivity contribution in [3.05, 3.63) is 48.1 Å². The lowest BCUT2D eigenvalue weighted by Gasteiger charge is -2.26. The molecule has 1 fully saturated rings. The summed E-state index contributed by atoms with van der Waals surface area (Å²) in [5.74, 6) is 8.87. The number of benzene rings is 1. The van der Waals surface area contributed by atoms with Gasteiger partial charge in [-0.25, -0.2) is 0 Å². The Balaban J connectivity index is 1.70. The molecular weight excluding hydrogens is 304 g/mol. The van der Waals surface area contributed by atoms with E-state index in [0.29, 0.717) is 6.61 Å². The van der Waals surface area contributed by atoms with E-state index in [1.54, 1.807) is 0 Å². The summed E-state index contributed by atoms with van der Waals surface area (Å²) in [6.07, 6.45) is 18.0. The number of hydrogen-bond donors (Lipinski definition) is 0. The van der Waals surface area contributed by atoms with Gasteiger partial charge in [-0.05, 0) is 80.4 Å². The van der Waals surface area contributed by atoms with Crippen LogP contribution in [0.1, 0.15) is 64.4 Å². The van der Waals surface area contributed by atoms with E-state index in [1.807, 2.05) is 37.3 Å². The van der Waals surface area contributed by atoms with Crippen molar-refractivity contribution in [1.29, 1.82) is 0 Å². The second-order valence-electron chi connectivity index (χ2n) is 6.91. The minimum Gasteiger partial charge on any atom is -0.494 e. The van der Waals surface area contributed by atoms with Crippen molar-refractivity contribution in [2.45, 2.75) is 58.8 Å². The third-order valence-electron chi connectivity index (χ3n) is 4.94. The van der Waals surface area contributed by atoms with Crippen LogP contribution in [0.15, 0.2) is 42.5 Å². The van der Waals surface area contributed by atoms with Crippen molar-refractivity contribution < 1.29 is 4.74 Å². The van der Waals surface area contributed by atoms with Gasteiger partial charge in [0, 0.05) is 0 Å². The monoisotopic (exact) mass is 336 g/mol. The highest BCUT2D eigenvalue weighted by Crippen LogP contribution is 2.32. The number of hydrogen-bond acceptors (Lipinski definition) is 1. The molecule has 0 aromatic heterocycles. The summed E-state index contributed by atoms with van der Waals surface area (Å²) in [7, 11) is 0. The van der Waals surface area contributed by atoms with Crippen LogP contribution in [0.25, 0.3) is 6.08 Å². The van der Waals surface area contributed by atoms with Gasteiger partial charge in [0.2, 0.25) is 0 Å². The molecule has 1 aliphatic carbocycles. The fraction of sp³-hybridized carbons (Fsp3) is 0.500. The van der Waals surface area contributed by atoms with Crippen LogP contribution in [-0.4, -0.2) is 6.61 Å².